The van der Waals surface area contributed by atoms with Crippen LogP contribution < -0.4 is 21.3 Å². The van der Waals surface area contributed by atoms with Gasteiger partial charge in [0.15, 0.2) is 0 Å². The van der Waals surface area contributed by atoms with Crippen LogP contribution in [0.5, 0.6) is 0 Å². The van der Waals surface area contributed by atoms with Crippen LogP contribution in [0.2, 0.25) is 0 Å². The first kappa shape index (κ1) is 14.7. The molecule has 2 amide bonds. The van der Waals surface area contributed by atoms with Crippen molar-refractivity contribution in [2.45, 2.75) is 31.7 Å². The number of nitrogens with two attached hydrogens (primary N) is 1. The maximum atomic E-state index is 11.8. The Morgan fingerprint density at radius 3 is 2.59 bits per heavy atom. The number of nitrogens with one attached hydrogen (secondary N) is 2. The first-order chi connectivity index (χ1) is 10.6. The van der Waals surface area contributed by atoms with Crippen LogP contribution in [0.4, 0.5) is 11.4 Å². The lowest BCUT2D eigenvalue weighted by Crippen LogP contribution is -2.32. The fraction of sp³-hybridized carbons (Fsp3) is 0.500. The lowest BCUT2D eigenvalue weighted by Gasteiger charge is -2.22. The first-order valence-electron chi connectivity index (χ1n) is 7.85. The molecule has 118 valence electrons. The highest BCUT2D eigenvalue weighted by molar-refractivity contribution is 5.95. The van der Waals surface area contributed by atoms with Crippen LogP contribution in [0.15, 0.2) is 18.2 Å². The molecule has 0 aromatic heterocycles. The topological polar surface area (TPSA) is 87.5 Å². The standard InChI is InChI=1S/C16H22N4O2/c17-16(22)11-3-6-14(20-7-1-2-8-20)13(9-11)18-10-15(21)19-12-4-5-12/h3,6,9,12,18H,1-2,4-5,7-8,10H2,(H2,17,22)(H,19,21). The van der Waals surface area contributed by atoms with Crippen molar-refractivity contribution >= 4 is 23.2 Å². The smallest absolute Gasteiger partial charge is 0.248 e. The second kappa shape index (κ2) is 6.25. The van der Waals surface area contributed by atoms with Crippen LogP contribution in [-0.2, 0) is 4.79 Å². The van der Waals surface area contributed by atoms with E-state index < -0.39 is 5.91 Å². The van der Waals surface area contributed by atoms with Crippen molar-refractivity contribution in [3.63, 3.8) is 0 Å². The number of hydrogen-bond acceptors (Lipinski definition) is 4. The van der Waals surface area contributed by atoms with Gasteiger partial charge < -0.3 is 21.3 Å². The summed E-state index contributed by atoms with van der Waals surface area (Å²) in [6.45, 7) is 2.21. The van der Waals surface area contributed by atoms with Crippen LogP contribution in [0.3, 0.4) is 0 Å². The Labute approximate surface area is 130 Å². The summed E-state index contributed by atoms with van der Waals surface area (Å²) in [5.41, 5.74) is 7.63. The Morgan fingerprint density at radius 1 is 1.23 bits per heavy atom. The molecule has 1 heterocycles. The highest BCUT2D eigenvalue weighted by atomic mass is 16.2. The molecule has 6 heteroatoms. The highest BCUT2D eigenvalue weighted by Gasteiger charge is 2.23. The van der Waals surface area contributed by atoms with Gasteiger partial charge in [-0.3, -0.25) is 9.59 Å². The molecule has 1 saturated carbocycles. The summed E-state index contributed by atoms with van der Waals surface area (Å²) in [6, 6.07) is 5.74. The van der Waals surface area contributed by atoms with E-state index in [-0.39, 0.29) is 12.5 Å². The number of rotatable bonds is 6. The largest absolute Gasteiger partial charge is 0.374 e. The van der Waals surface area contributed by atoms with Crippen molar-refractivity contribution in [2.75, 3.05) is 29.9 Å². The summed E-state index contributed by atoms with van der Waals surface area (Å²) in [5.74, 6) is -0.474. The third kappa shape index (κ3) is 3.50. The van der Waals surface area contributed by atoms with Crippen LogP contribution in [0.25, 0.3) is 0 Å². The maximum Gasteiger partial charge on any atom is 0.248 e. The molecule has 0 unspecified atom stereocenters. The van der Waals surface area contributed by atoms with E-state index in [1.54, 1.807) is 12.1 Å². The fourth-order valence-corrected chi connectivity index (χ4v) is 2.75. The Balaban J connectivity index is 1.73. The van der Waals surface area contributed by atoms with Gasteiger partial charge >= 0.3 is 0 Å². The van der Waals surface area contributed by atoms with Crippen molar-refractivity contribution < 1.29 is 9.59 Å². The average Bonchev–Trinajstić information content (AvgIpc) is 3.15. The summed E-state index contributed by atoms with van der Waals surface area (Å²) in [6.07, 6.45) is 4.47. The molecule has 1 saturated heterocycles. The van der Waals surface area contributed by atoms with Crippen molar-refractivity contribution in [3.05, 3.63) is 23.8 Å². The summed E-state index contributed by atoms with van der Waals surface area (Å²) >= 11 is 0. The minimum Gasteiger partial charge on any atom is -0.374 e. The Kier molecular flexibility index (Phi) is 4.18. The number of hydrogen-bond donors (Lipinski definition) is 3. The molecule has 0 bridgehead atoms. The number of amides is 2. The number of anilines is 2. The molecule has 1 aromatic rings. The lowest BCUT2D eigenvalue weighted by molar-refractivity contribution is -0.119. The number of carbonyl (C=O) groups excluding carboxylic acids is 2. The van der Waals surface area contributed by atoms with Gasteiger partial charge in [0.05, 0.1) is 17.9 Å². The van der Waals surface area contributed by atoms with Crippen molar-refractivity contribution in [3.8, 4) is 0 Å². The molecule has 4 N–H and O–H groups in total. The monoisotopic (exact) mass is 302 g/mol. The van der Waals surface area contributed by atoms with Crippen LogP contribution in [0, 0.1) is 0 Å². The van der Waals surface area contributed by atoms with E-state index in [1.165, 1.54) is 12.8 Å². The molecule has 2 fully saturated rings. The fourth-order valence-electron chi connectivity index (χ4n) is 2.75. The second-order valence-electron chi connectivity index (χ2n) is 5.99. The Bertz CT molecular complexity index is 578. The number of benzene rings is 1. The minimum absolute atomic E-state index is 0.0145. The minimum atomic E-state index is -0.460. The summed E-state index contributed by atoms with van der Waals surface area (Å²) in [4.78, 5) is 25.5. The molecule has 3 rings (SSSR count). The van der Waals surface area contributed by atoms with Gasteiger partial charge in [-0.15, -0.1) is 0 Å². The predicted octanol–water partition coefficient (Wildman–Crippen LogP) is 1.08. The van der Waals surface area contributed by atoms with E-state index >= 15 is 0 Å². The third-order valence-electron chi connectivity index (χ3n) is 4.11. The van der Waals surface area contributed by atoms with Gasteiger partial charge in [0.1, 0.15) is 0 Å². The van der Waals surface area contributed by atoms with Crippen molar-refractivity contribution in [2.24, 2.45) is 5.73 Å². The van der Waals surface area contributed by atoms with E-state index in [9.17, 15) is 9.59 Å². The van der Waals surface area contributed by atoms with Gasteiger partial charge in [0.25, 0.3) is 0 Å². The Hall–Kier alpha value is -2.24. The zero-order valence-corrected chi connectivity index (χ0v) is 12.6. The molecule has 22 heavy (non-hydrogen) atoms. The van der Waals surface area contributed by atoms with Gasteiger partial charge in [-0.25, -0.2) is 0 Å². The molecule has 0 spiro atoms. The predicted molar refractivity (Wildman–Crippen MR) is 86.1 cm³/mol. The van der Waals surface area contributed by atoms with Crippen LogP contribution in [0.1, 0.15) is 36.0 Å². The van der Waals surface area contributed by atoms with Gasteiger partial charge in [0.2, 0.25) is 11.8 Å². The number of nitrogens with zero attached hydrogens (tertiary/aromatic N) is 1. The van der Waals surface area contributed by atoms with Gasteiger partial charge in [-0.2, -0.15) is 0 Å². The van der Waals surface area contributed by atoms with Gasteiger partial charge in [0, 0.05) is 24.7 Å². The summed E-state index contributed by atoms with van der Waals surface area (Å²) in [5, 5.41) is 6.10. The van der Waals surface area contributed by atoms with Crippen molar-refractivity contribution in [1.82, 2.24) is 5.32 Å². The molecule has 0 radical (unpaired) electrons. The first-order valence-corrected chi connectivity index (χ1v) is 7.85. The molecule has 1 aliphatic carbocycles. The molecule has 1 aliphatic heterocycles. The van der Waals surface area contributed by atoms with Crippen LogP contribution >= 0.6 is 0 Å². The molecule has 6 nitrogen and oxygen atoms in total. The molecular weight excluding hydrogens is 280 g/mol. The summed E-state index contributed by atoms with van der Waals surface area (Å²) in [7, 11) is 0. The maximum absolute atomic E-state index is 11.8. The molecule has 1 aromatic carbocycles. The number of carbonyl (C=O) groups is 2. The third-order valence-corrected chi connectivity index (χ3v) is 4.11. The second-order valence-corrected chi connectivity index (χ2v) is 5.99. The summed E-state index contributed by atoms with van der Waals surface area (Å²) < 4.78 is 0. The zero-order valence-electron chi connectivity index (χ0n) is 12.6. The van der Waals surface area contributed by atoms with Gasteiger partial charge in [-0.05, 0) is 43.9 Å². The van der Waals surface area contributed by atoms with Gasteiger partial charge in [-0.1, -0.05) is 0 Å². The SMILES string of the molecule is NC(=O)c1ccc(N2CCCC2)c(NCC(=O)NC2CC2)c1. The quantitative estimate of drug-likeness (QED) is 0.733. The molecule has 0 atom stereocenters. The van der Waals surface area contributed by atoms with E-state index in [2.05, 4.69) is 15.5 Å². The Morgan fingerprint density at radius 2 is 1.95 bits per heavy atom. The average molecular weight is 302 g/mol. The van der Waals surface area contributed by atoms with E-state index in [0.717, 1.165) is 37.3 Å². The van der Waals surface area contributed by atoms with E-state index in [0.29, 0.717) is 11.6 Å². The lowest BCUT2D eigenvalue weighted by atomic mass is 10.1. The van der Waals surface area contributed by atoms with Crippen molar-refractivity contribution in [1.29, 1.82) is 0 Å². The normalized spacial score (nSPS) is 17.4. The van der Waals surface area contributed by atoms with E-state index in [4.69, 9.17) is 5.73 Å². The number of primary amides is 1. The van der Waals surface area contributed by atoms with Crippen LogP contribution in [-0.4, -0.2) is 37.5 Å². The van der Waals surface area contributed by atoms with E-state index in [1.807, 2.05) is 6.07 Å². The zero-order chi connectivity index (χ0) is 15.5. The molecule has 2 aliphatic rings. The highest BCUT2D eigenvalue weighted by Crippen LogP contribution is 2.30. The molecular formula is C16H22N4O2.